The molecule has 2 saturated carbocycles. The SMILES string of the molecule is CN1CNNC1C(F)(F)[C@](C)(F)C1CCCC(N2CC3C(CC(N(C)[C@@H]4CNC[C@H]4F)CC3C(F)(F)F)C2=O)C1. The van der Waals surface area contributed by atoms with E-state index >= 15 is 13.2 Å². The first-order valence-electron chi connectivity index (χ1n) is 14.3. The fourth-order valence-corrected chi connectivity index (χ4v) is 8.04. The minimum absolute atomic E-state index is 0.0328. The van der Waals surface area contributed by atoms with Crippen LogP contribution in [-0.2, 0) is 4.79 Å². The molecule has 5 fully saturated rings. The molecule has 0 aromatic carbocycles. The molecule has 7 unspecified atom stereocenters. The maximum atomic E-state index is 16.0. The van der Waals surface area contributed by atoms with Gasteiger partial charge in [0.1, 0.15) is 12.3 Å². The Hall–Kier alpha value is -1.22. The average Bonchev–Trinajstić information content (AvgIpc) is 3.61. The van der Waals surface area contributed by atoms with Crippen molar-refractivity contribution in [2.75, 3.05) is 40.4 Å². The number of likely N-dealkylation sites (tertiary alicyclic amines) is 1. The zero-order valence-electron chi connectivity index (χ0n) is 23.2. The molecule has 2 aliphatic carbocycles. The second-order valence-corrected chi connectivity index (χ2v) is 12.8. The van der Waals surface area contributed by atoms with E-state index in [1.807, 2.05) is 0 Å². The molecule has 10 atom stereocenters. The number of hydrogen-bond donors (Lipinski definition) is 3. The third-order valence-electron chi connectivity index (χ3n) is 10.6. The predicted molar refractivity (Wildman–Crippen MR) is 133 cm³/mol. The van der Waals surface area contributed by atoms with Crippen LogP contribution < -0.4 is 16.2 Å². The molecule has 3 heterocycles. The fraction of sp³-hybridized carbons (Fsp3) is 0.962. The van der Waals surface area contributed by atoms with Gasteiger partial charge in [-0.05, 0) is 59.0 Å². The predicted octanol–water partition coefficient (Wildman–Crippen LogP) is 2.89. The molecule has 40 heavy (non-hydrogen) atoms. The van der Waals surface area contributed by atoms with Gasteiger partial charge in [0, 0.05) is 43.6 Å². The fourth-order valence-electron chi connectivity index (χ4n) is 8.04. The van der Waals surface area contributed by atoms with Crippen molar-refractivity contribution < 1.29 is 35.5 Å². The number of halogens is 7. The number of nitrogens with zero attached hydrogens (tertiary/aromatic N) is 3. The lowest BCUT2D eigenvalue weighted by Crippen LogP contribution is -2.62. The Morgan fingerprint density at radius 2 is 1.75 bits per heavy atom. The van der Waals surface area contributed by atoms with Gasteiger partial charge >= 0.3 is 12.1 Å². The number of fused-ring (bicyclic) bond motifs is 1. The number of rotatable bonds is 6. The Morgan fingerprint density at radius 1 is 1.02 bits per heavy atom. The van der Waals surface area contributed by atoms with Crippen molar-refractivity contribution in [1.82, 2.24) is 30.9 Å². The summed E-state index contributed by atoms with van der Waals surface area (Å²) in [5, 5.41) is 2.93. The maximum Gasteiger partial charge on any atom is 0.392 e. The largest absolute Gasteiger partial charge is 0.392 e. The average molecular weight is 587 g/mol. The summed E-state index contributed by atoms with van der Waals surface area (Å²) in [7, 11) is 3.08. The molecule has 0 aromatic rings. The first kappa shape index (κ1) is 30.2. The van der Waals surface area contributed by atoms with Crippen LogP contribution in [0.2, 0.25) is 0 Å². The molecule has 7 nitrogen and oxygen atoms in total. The van der Waals surface area contributed by atoms with E-state index in [4.69, 9.17) is 0 Å². The first-order valence-corrected chi connectivity index (χ1v) is 14.3. The molecule has 0 aromatic heterocycles. The summed E-state index contributed by atoms with van der Waals surface area (Å²) in [4.78, 5) is 18.0. The van der Waals surface area contributed by atoms with Gasteiger partial charge < -0.3 is 10.2 Å². The Labute approximate surface area is 230 Å². The zero-order chi connectivity index (χ0) is 29.2. The van der Waals surface area contributed by atoms with Crippen LogP contribution in [0, 0.1) is 23.7 Å². The number of nitrogens with one attached hydrogen (secondary N) is 3. The zero-order valence-corrected chi connectivity index (χ0v) is 23.2. The van der Waals surface area contributed by atoms with Crippen LogP contribution in [0.25, 0.3) is 0 Å². The van der Waals surface area contributed by atoms with Gasteiger partial charge in [-0.1, -0.05) is 6.42 Å². The van der Waals surface area contributed by atoms with Crippen molar-refractivity contribution in [3.05, 3.63) is 0 Å². The number of hydrazine groups is 1. The molecular formula is C26H41F7N6O. The van der Waals surface area contributed by atoms with E-state index in [0.717, 1.165) is 6.92 Å². The summed E-state index contributed by atoms with van der Waals surface area (Å²) >= 11 is 0. The number of alkyl halides is 7. The van der Waals surface area contributed by atoms with Gasteiger partial charge in [-0.2, -0.15) is 22.0 Å². The Kier molecular flexibility index (Phi) is 8.17. The van der Waals surface area contributed by atoms with Gasteiger partial charge in [0.25, 0.3) is 0 Å². The molecule has 0 spiro atoms. The Balaban J connectivity index is 1.33. The highest BCUT2D eigenvalue weighted by Gasteiger charge is 2.64. The second kappa shape index (κ2) is 10.8. The van der Waals surface area contributed by atoms with Crippen molar-refractivity contribution >= 4 is 5.91 Å². The normalized spacial score (nSPS) is 41.5. The van der Waals surface area contributed by atoms with Gasteiger partial charge in [-0.25, -0.2) is 19.6 Å². The van der Waals surface area contributed by atoms with E-state index in [2.05, 4.69) is 16.2 Å². The van der Waals surface area contributed by atoms with Crippen LogP contribution >= 0.6 is 0 Å². The van der Waals surface area contributed by atoms with E-state index < -0.39 is 77.8 Å². The van der Waals surface area contributed by atoms with E-state index in [1.165, 1.54) is 16.8 Å². The molecule has 0 bridgehead atoms. The van der Waals surface area contributed by atoms with Crippen LogP contribution in [0.5, 0.6) is 0 Å². The molecule has 3 saturated heterocycles. The van der Waals surface area contributed by atoms with Crippen molar-refractivity contribution in [1.29, 1.82) is 0 Å². The topological polar surface area (TPSA) is 62.9 Å². The minimum Gasteiger partial charge on any atom is -0.339 e. The minimum atomic E-state index is -4.54. The van der Waals surface area contributed by atoms with E-state index in [1.54, 1.807) is 11.9 Å². The summed E-state index contributed by atoms with van der Waals surface area (Å²) < 4.78 is 104. The lowest BCUT2D eigenvalue weighted by molar-refractivity contribution is -0.205. The number of hydrogen-bond acceptors (Lipinski definition) is 6. The number of amides is 1. The van der Waals surface area contributed by atoms with E-state index in [-0.39, 0.29) is 45.4 Å². The third-order valence-corrected chi connectivity index (χ3v) is 10.6. The van der Waals surface area contributed by atoms with Crippen LogP contribution in [0.15, 0.2) is 0 Å². The monoisotopic (exact) mass is 586 g/mol. The highest BCUT2D eigenvalue weighted by Crippen LogP contribution is 2.52. The summed E-state index contributed by atoms with van der Waals surface area (Å²) in [5.74, 6) is -8.82. The molecule has 14 heteroatoms. The lowest BCUT2D eigenvalue weighted by atomic mass is 9.70. The van der Waals surface area contributed by atoms with Gasteiger partial charge in [0.2, 0.25) is 5.91 Å². The van der Waals surface area contributed by atoms with Crippen molar-refractivity contribution in [2.24, 2.45) is 23.7 Å². The number of carbonyl (C=O) groups excluding carboxylic acids is 1. The van der Waals surface area contributed by atoms with Crippen LogP contribution in [-0.4, -0.2) is 109 Å². The Morgan fingerprint density at radius 3 is 2.35 bits per heavy atom. The Bertz CT molecular complexity index is 938. The molecule has 230 valence electrons. The molecule has 5 aliphatic rings. The molecule has 5 rings (SSSR count). The lowest BCUT2D eigenvalue weighted by Gasteiger charge is -2.45. The van der Waals surface area contributed by atoms with Crippen molar-refractivity contribution in [3.8, 4) is 0 Å². The molecule has 1 amide bonds. The maximum absolute atomic E-state index is 16.0. The third kappa shape index (κ3) is 5.13. The summed E-state index contributed by atoms with van der Waals surface area (Å²) in [6, 6.07) is -1.78. The summed E-state index contributed by atoms with van der Waals surface area (Å²) in [5.41, 5.74) is 2.13. The van der Waals surface area contributed by atoms with Crippen LogP contribution in [0.1, 0.15) is 45.4 Å². The van der Waals surface area contributed by atoms with Crippen molar-refractivity contribution in [2.45, 2.75) is 93.7 Å². The van der Waals surface area contributed by atoms with Gasteiger partial charge in [0.15, 0.2) is 5.67 Å². The summed E-state index contributed by atoms with van der Waals surface area (Å²) in [6.45, 7) is 1.37. The van der Waals surface area contributed by atoms with Gasteiger partial charge in [0.05, 0.1) is 18.6 Å². The number of carbonyl (C=O) groups is 1. The first-order chi connectivity index (χ1) is 18.6. The van der Waals surface area contributed by atoms with Crippen LogP contribution in [0.3, 0.4) is 0 Å². The molecule has 3 aliphatic heterocycles. The molecular weight excluding hydrogens is 545 g/mol. The summed E-state index contributed by atoms with van der Waals surface area (Å²) in [6.07, 6.45) is -6.32. The quantitative estimate of drug-likeness (QED) is 0.417. The van der Waals surface area contributed by atoms with Crippen molar-refractivity contribution in [3.63, 3.8) is 0 Å². The highest BCUT2D eigenvalue weighted by molar-refractivity contribution is 5.82. The number of likely N-dealkylation sites (N-methyl/N-ethyl adjacent to an activating group) is 1. The molecule has 0 radical (unpaired) electrons. The van der Waals surface area contributed by atoms with E-state index in [0.29, 0.717) is 19.4 Å². The van der Waals surface area contributed by atoms with E-state index in [9.17, 15) is 22.4 Å². The van der Waals surface area contributed by atoms with Gasteiger partial charge in [-0.15, -0.1) is 0 Å². The second-order valence-electron chi connectivity index (χ2n) is 12.8. The highest BCUT2D eigenvalue weighted by atomic mass is 19.4. The van der Waals surface area contributed by atoms with Crippen LogP contribution in [0.4, 0.5) is 30.7 Å². The smallest absolute Gasteiger partial charge is 0.339 e. The molecule has 3 N–H and O–H groups in total. The standard InChI is InChI=1S/C26H41F7N6O/c1-24(28,25(29,30)23-36-35-13-37(23)2)14-5-4-6-15(7-14)39-12-18-17(22(39)40)8-16(9-19(18)26(31,32)33)38(3)21-11-34-10-20(21)27/h14-21,23,34-36H,4-13H2,1-3H3/t14?,15?,16?,17?,18?,19?,20-,21-,23?,24-/m1/s1. The van der Waals surface area contributed by atoms with Gasteiger partial charge in [-0.3, -0.25) is 14.6 Å².